The third-order valence-electron chi connectivity index (χ3n) is 4.04. The molecule has 0 bridgehead atoms. The van der Waals surface area contributed by atoms with Gasteiger partial charge in [-0.05, 0) is 37.4 Å². The molecule has 0 spiro atoms. The fraction of sp³-hybridized carbons (Fsp3) is 0.500. The lowest BCUT2D eigenvalue weighted by molar-refractivity contribution is -0.387. The maximum Gasteiger partial charge on any atom is 0.289 e. The van der Waals surface area contributed by atoms with Crippen LogP contribution in [-0.2, 0) is 10.0 Å². The molecule has 0 radical (unpaired) electrons. The van der Waals surface area contributed by atoms with E-state index in [0.29, 0.717) is 17.4 Å². The summed E-state index contributed by atoms with van der Waals surface area (Å²) in [5, 5.41) is 14.2. The number of nitrogens with zero attached hydrogens (tertiary/aromatic N) is 1. The molecule has 1 saturated heterocycles. The van der Waals surface area contributed by atoms with Crippen molar-refractivity contribution in [3.05, 3.63) is 33.9 Å². The van der Waals surface area contributed by atoms with Crippen molar-refractivity contribution in [2.24, 2.45) is 11.8 Å². The molecule has 7 nitrogen and oxygen atoms in total. The van der Waals surface area contributed by atoms with Gasteiger partial charge in [0.1, 0.15) is 0 Å². The molecule has 2 aliphatic rings. The summed E-state index contributed by atoms with van der Waals surface area (Å²) in [5.74, 6) is 0.626. The zero-order valence-corrected chi connectivity index (χ0v) is 11.7. The molecule has 1 aromatic carbocycles. The highest BCUT2D eigenvalue weighted by molar-refractivity contribution is 7.89. The number of sulfonamides is 1. The highest BCUT2D eigenvalue weighted by Gasteiger charge is 2.54. The largest absolute Gasteiger partial charge is 0.316 e. The van der Waals surface area contributed by atoms with E-state index in [2.05, 4.69) is 10.0 Å². The summed E-state index contributed by atoms with van der Waals surface area (Å²) in [5.41, 5.74) is 0.0112. The SMILES string of the molecule is Cc1cccc([N+](=O)[O-])c1S(=O)(=O)NC1C2CNCC21. The van der Waals surface area contributed by atoms with Crippen molar-refractivity contribution in [2.75, 3.05) is 13.1 Å². The molecule has 0 aromatic heterocycles. The summed E-state index contributed by atoms with van der Waals surface area (Å²) in [6.07, 6.45) is 0. The van der Waals surface area contributed by atoms with Gasteiger partial charge < -0.3 is 5.32 Å². The first-order chi connectivity index (χ1) is 9.42. The number of hydrogen-bond donors (Lipinski definition) is 2. The minimum absolute atomic E-state index is 0.0968. The molecule has 3 rings (SSSR count). The molecule has 1 aliphatic heterocycles. The Bertz CT molecular complexity index is 663. The van der Waals surface area contributed by atoms with Crippen LogP contribution in [0, 0.1) is 28.9 Å². The van der Waals surface area contributed by atoms with Crippen molar-refractivity contribution < 1.29 is 13.3 Å². The fourth-order valence-electron chi connectivity index (χ4n) is 2.96. The van der Waals surface area contributed by atoms with Gasteiger partial charge in [-0.1, -0.05) is 12.1 Å². The Hall–Kier alpha value is -1.51. The van der Waals surface area contributed by atoms with Crippen LogP contribution < -0.4 is 10.0 Å². The van der Waals surface area contributed by atoms with Crippen molar-refractivity contribution >= 4 is 15.7 Å². The van der Waals surface area contributed by atoms with Gasteiger partial charge in [-0.3, -0.25) is 10.1 Å². The van der Waals surface area contributed by atoms with Gasteiger partial charge in [0.05, 0.1) is 4.92 Å². The second-order valence-corrected chi connectivity index (χ2v) is 6.96. The molecule has 108 valence electrons. The standard InChI is InChI=1S/C12H15N3O4S/c1-7-3-2-4-10(15(16)17)12(7)20(18,19)14-11-8-5-13-6-9(8)11/h2-4,8-9,11,13-14H,5-6H2,1H3. The highest BCUT2D eigenvalue weighted by Crippen LogP contribution is 2.43. The van der Waals surface area contributed by atoms with Gasteiger partial charge in [0.2, 0.25) is 10.0 Å². The quantitative estimate of drug-likeness (QED) is 0.619. The number of hydrogen-bond acceptors (Lipinski definition) is 5. The van der Waals surface area contributed by atoms with Crippen molar-refractivity contribution in [1.29, 1.82) is 0 Å². The van der Waals surface area contributed by atoms with E-state index >= 15 is 0 Å². The number of nitro benzene ring substituents is 1. The smallest absolute Gasteiger partial charge is 0.289 e. The van der Waals surface area contributed by atoms with Crippen molar-refractivity contribution in [2.45, 2.75) is 17.9 Å². The topological polar surface area (TPSA) is 101 Å². The molecule has 2 unspecified atom stereocenters. The first-order valence-electron chi connectivity index (χ1n) is 6.39. The van der Waals surface area contributed by atoms with E-state index in [9.17, 15) is 18.5 Å². The van der Waals surface area contributed by atoms with Crippen molar-refractivity contribution in [3.8, 4) is 0 Å². The molecule has 0 amide bonds. The molecule has 2 fully saturated rings. The summed E-state index contributed by atoms with van der Waals surface area (Å²) in [6.45, 7) is 3.16. The van der Waals surface area contributed by atoms with Gasteiger partial charge in [-0.25, -0.2) is 13.1 Å². The normalized spacial score (nSPS) is 28.1. The maximum atomic E-state index is 12.4. The van der Waals surface area contributed by atoms with Crippen LogP contribution in [0.3, 0.4) is 0 Å². The lowest BCUT2D eigenvalue weighted by atomic mass is 10.2. The molecule has 2 atom stereocenters. The predicted octanol–water partition coefficient (Wildman–Crippen LogP) is 0.399. The Balaban J connectivity index is 1.93. The van der Waals surface area contributed by atoms with E-state index in [4.69, 9.17) is 0 Å². The van der Waals surface area contributed by atoms with Crippen LogP contribution in [0.2, 0.25) is 0 Å². The van der Waals surface area contributed by atoms with Crippen LogP contribution in [0.15, 0.2) is 23.1 Å². The summed E-state index contributed by atoms with van der Waals surface area (Å²) in [6, 6.07) is 4.18. The van der Waals surface area contributed by atoms with Gasteiger partial charge >= 0.3 is 0 Å². The van der Waals surface area contributed by atoms with Crippen LogP contribution in [0.25, 0.3) is 0 Å². The Morgan fingerprint density at radius 2 is 2.00 bits per heavy atom. The average Bonchev–Trinajstić information content (AvgIpc) is 2.82. The number of aryl methyl sites for hydroxylation is 1. The summed E-state index contributed by atoms with van der Waals surface area (Å²) in [7, 11) is -3.86. The zero-order valence-electron chi connectivity index (χ0n) is 10.9. The van der Waals surface area contributed by atoms with Crippen molar-refractivity contribution in [3.63, 3.8) is 0 Å². The van der Waals surface area contributed by atoms with Crippen molar-refractivity contribution in [1.82, 2.24) is 10.0 Å². The van der Waals surface area contributed by atoms with Gasteiger partial charge in [0.25, 0.3) is 5.69 Å². The number of piperidine rings is 1. The third kappa shape index (κ3) is 2.09. The summed E-state index contributed by atoms with van der Waals surface area (Å²) >= 11 is 0. The molecule has 8 heteroatoms. The van der Waals surface area contributed by atoms with E-state index < -0.39 is 14.9 Å². The maximum absolute atomic E-state index is 12.4. The predicted molar refractivity (Wildman–Crippen MR) is 71.8 cm³/mol. The van der Waals surface area contributed by atoms with Crippen LogP contribution in [0.1, 0.15) is 5.56 Å². The van der Waals surface area contributed by atoms with Gasteiger partial charge in [0, 0.05) is 12.1 Å². The molecule has 20 heavy (non-hydrogen) atoms. The first-order valence-corrected chi connectivity index (χ1v) is 7.87. The van der Waals surface area contributed by atoms with Crippen LogP contribution >= 0.6 is 0 Å². The first kappa shape index (κ1) is 13.5. The average molecular weight is 297 g/mol. The number of rotatable bonds is 4. The minimum atomic E-state index is -3.86. The molecule has 1 aromatic rings. The zero-order chi connectivity index (χ0) is 14.5. The fourth-order valence-corrected chi connectivity index (χ4v) is 4.70. The molecule has 2 N–H and O–H groups in total. The highest BCUT2D eigenvalue weighted by atomic mass is 32.2. The Labute approximate surface area is 116 Å². The van der Waals surface area contributed by atoms with E-state index in [1.54, 1.807) is 13.0 Å². The Morgan fingerprint density at radius 1 is 1.35 bits per heavy atom. The van der Waals surface area contributed by atoms with Gasteiger partial charge in [-0.2, -0.15) is 0 Å². The number of nitrogens with one attached hydrogen (secondary N) is 2. The van der Waals surface area contributed by atoms with Gasteiger partial charge in [-0.15, -0.1) is 0 Å². The third-order valence-corrected chi connectivity index (χ3v) is 5.69. The van der Waals surface area contributed by atoms with Gasteiger partial charge in [0.15, 0.2) is 4.90 Å². The number of benzene rings is 1. The molecule has 1 aliphatic carbocycles. The van der Waals surface area contributed by atoms with E-state index in [0.717, 1.165) is 13.1 Å². The second-order valence-electron chi connectivity index (χ2n) is 5.31. The lowest BCUT2D eigenvalue weighted by Crippen LogP contribution is -2.33. The minimum Gasteiger partial charge on any atom is -0.316 e. The second kappa shape index (κ2) is 4.51. The molecular weight excluding hydrogens is 282 g/mol. The van der Waals surface area contributed by atoms with E-state index in [1.807, 2.05) is 0 Å². The Morgan fingerprint density at radius 3 is 2.60 bits per heavy atom. The number of fused-ring (bicyclic) bond motifs is 1. The molecular formula is C12H15N3O4S. The molecule has 1 saturated carbocycles. The number of nitro groups is 1. The van der Waals surface area contributed by atoms with Crippen LogP contribution in [-0.4, -0.2) is 32.5 Å². The lowest BCUT2D eigenvalue weighted by Gasteiger charge is -2.11. The van der Waals surface area contributed by atoms with Crippen LogP contribution in [0.4, 0.5) is 5.69 Å². The van der Waals surface area contributed by atoms with E-state index in [1.165, 1.54) is 12.1 Å². The summed E-state index contributed by atoms with van der Waals surface area (Å²) in [4.78, 5) is 10.1. The van der Waals surface area contributed by atoms with E-state index in [-0.39, 0.29) is 16.6 Å². The summed E-state index contributed by atoms with van der Waals surface area (Å²) < 4.78 is 27.5. The Kier molecular flexibility index (Phi) is 3.03. The molecule has 1 heterocycles. The monoisotopic (exact) mass is 297 g/mol. The van der Waals surface area contributed by atoms with Crippen LogP contribution in [0.5, 0.6) is 0 Å².